The average molecular weight is 286 g/mol. The number of nitrogens with zero attached hydrogens (tertiary/aromatic N) is 3. The Kier molecular flexibility index (Phi) is 3.70. The van der Waals surface area contributed by atoms with E-state index in [0.717, 1.165) is 18.5 Å². The molecule has 0 unspecified atom stereocenters. The van der Waals surface area contributed by atoms with Crippen LogP contribution in [-0.2, 0) is 11.3 Å². The molecule has 6 nitrogen and oxygen atoms in total. The molecule has 1 saturated carbocycles. The summed E-state index contributed by atoms with van der Waals surface area (Å²) < 4.78 is 1.82. The molecule has 1 aromatic carbocycles. The number of aromatic nitrogens is 3. The number of nitrogens with one attached hydrogen (secondary N) is 1. The van der Waals surface area contributed by atoms with Crippen molar-refractivity contribution in [3.63, 3.8) is 0 Å². The zero-order valence-electron chi connectivity index (χ0n) is 11.7. The lowest BCUT2D eigenvalue weighted by Gasteiger charge is -2.20. The number of hydrogen-bond donors (Lipinski definition) is 2. The molecule has 0 bridgehead atoms. The number of benzene rings is 1. The first-order chi connectivity index (χ1) is 10.2. The summed E-state index contributed by atoms with van der Waals surface area (Å²) in [5, 5.41) is 20.9. The first-order valence-corrected chi connectivity index (χ1v) is 7.14. The van der Waals surface area contributed by atoms with Gasteiger partial charge in [-0.25, -0.2) is 0 Å². The fourth-order valence-electron chi connectivity index (χ4n) is 2.69. The van der Waals surface area contributed by atoms with Gasteiger partial charge in [0.2, 0.25) is 0 Å². The van der Waals surface area contributed by atoms with Crippen molar-refractivity contribution in [2.75, 3.05) is 0 Å². The van der Waals surface area contributed by atoms with Crippen molar-refractivity contribution in [2.24, 2.45) is 0 Å². The van der Waals surface area contributed by atoms with Gasteiger partial charge < -0.3 is 10.4 Å². The minimum absolute atomic E-state index is 0.246. The number of amides is 1. The monoisotopic (exact) mass is 286 g/mol. The van der Waals surface area contributed by atoms with E-state index in [1.165, 1.54) is 0 Å². The molecule has 1 heterocycles. The van der Waals surface area contributed by atoms with E-state index in [9.17, 15) is 9.90 Å². The second-order valence-electron chi connectivity index (χ2n) is 5.37. The van der Waals surface area contributed by atoms with Crippen LogP contribution in [-0.4, -0.2) is 31.4 Å². The molecular formula is C15H18N4O2. The van der Waals surface area contributed by atoms with Crippen molar-refractivity contribution < 1.29 is 9.90 Å². The molecular weight excluding hydrogens is 268 g/mol. The van der Waals surface area contributed by atoms with Gasteiger partial charge in [0.05, 0.1) is 6.54 Å². The van der Waals surface area contributed by atoms with Crippen molar-refractivity contribution in [3.05, 3.63) is 42.5 Å². The molecule has 2 aromatic rings. The molecule has 2 N–H and O–H groups in total. The van der Waals surface area contributed by atoms with E-state index in [1.807, 2.05) is 34.9 Å². The van der Waals surface area contributed by atoms with Gasteiger partial charge in [0.1, 0.15) is 11.9 Å². The minimum atomic E-state index is -1.21. The lowest BCUT2D eigenvalue weighted by atomic mass is 10.0. The number of carbonyl (C=O) groups is 1. The molecule has 110 valence electrons. The lowest BCUT2D eigenvalue weighted by Crippen LogP contribution is -2.44. The van der Waals surface area contributed by atoms with E-state index in [0.29, 0.717) is 18.7 Å². The molecule has 0 spiro atoms. The predicted molar refractivity (Wildman–Crippen MR) is 76.6 cm³/mol. The number of rotatable bonds is 4. The Morgan fingerprint density at radius 2 is 2.00 bits per heavy atom. The predicted octanol–water partition coefficient (Wildman–Crippen LogP) is 1.19. The molecule has 1 fully saturated rings. The molecule has 1 aromatic heterocycles. The normalized spacial score (nSPS) is 16.8. The Balaban J connectivity index is 1.69. The lowest BCUT2D eigenvalue weighted by molar-refractivity contribution is -0.139. The van der Waals surface area contributed by atoms with E-state index in [-0.39, 0.29) is 12.5 Å². The average Bonchev–Trinajstić information content (AvgIpc) is 3.15. The second kappa shape index (κ2) is 5.65. The van der Waals surface area contributed by atoms with Crippen molar-refractivity contribution in [1.29, 1.82) is 0 Å². The Morgan fingerprint density at radius 3 is 2.71 bits per heavy atom. The van der Waals surface area contributed by atoms with Gasteiger partial charge in [-0.05, 0) is 37.8 Å². The first-order valence-electron chi connectivity index (χ1n) is 7.14. The van der Waals surface area contributed by atoms with Crippen LogP contribution >= 0.6 is 0 Å². The zero-order chi connectivity index (χ0) is 14.7. The Morgan fingerprint density at radius 1 is 1.29 bits per heavy atom. The maximum absolute atomic E-state index is 12.1. The van der Waals surface area contributed by atoms with Gasteiger partial charge >= 0.3 is 0 Å². The highest BCUT2D eigenvalue weighted by atomic mass is 16.3. The molecule has 0 radical (unpaired) electrons. The van der Waals surface area contributed by atoms with Gasteiger partial charge in [0, 0.05) is 5.69 Å². The number of aliphatic hydroxyl groups is 1. The standard InChI is InChI=1S/C15H18N4O2/c20-14(15(21)8-4-5-9-15)16-10-13-18-17-11-19(13)12-6-2-1-3-7-12/h1-3,6-7,11,21H,4-5,8-10H2,(H,16,20). The van der Waals surface area contributed by atoms with Gasteiger partial charge in [-0.15, -0.1) is 10.2 Å². The first kappa shape index (κ1) is 13.8. The Labute approximate surface area is 122 Å². The van der Waals surface area contributed by atoms with Crippen LogP contribution in [0, 0.1) is 0 Å². The van der Waals surface area contributed by atoms with E-state index in [2.05, 4.69) is 15.5 Å². The van der Waals surface area contributed by atoms with E-state index in [1.54, 1.807) is 6.33 Å². The van der Waals surface area contributed by atoms with Gasteiger partial charge in [0.25, 0.3) is 5.91 Å². The van der Waals surface area contributed by atoms with Crippen LogP contribution in [0.3, 0.4) is 0 Å². The number of carbonyl (C=O) groups excluding carboxylic acids is 1. The zero-order valence-corrected chi connectivity index (χ0v) is 11.7. The van der Waals surface area contributed by atoms with E-state index < -0.39 is 5.60 Å². The largest absolute Gasteiger partial charge is 0.380 e. The molecule has 1 aliphatic rings. The molecule has 0 aliphatic heterocycles. The van der Waals surface area contributed by atoms with Crippen LogP contribution in [0.2, 0.25) is 0 Å². The Hall–Kier alpha value is -2.21. The van der Waals surface area contributed by atoms with E-state index in [4.69, 9.17) is 0 Å². The summed E-state index contributed by atoms with van der Waals surface area (Å²) in [5.74, 6) is 0.318. The van der Waals surface area contributed by atoms with Crippen molar-refractivity contribution in [1.82, 2.24) is 20.1 Å². The smallest absolute Gasteiger partial charge is 0.252 e. The molecule has 3 rings (SSSR count). The summed E-state index contributed by atoms with van der Waals surface area (Å²) in [6.45, 7) is 0.246. The maximum Gasteiger partial charge on any atom is 0.252 e. The van der Waals surface area contributed by atoms with Crippen molar-refractivity contribution >= 4 is 5.91 Å². The topological polar surface area (TPSA) is 80.0 Å². The molecule has 21 heavy (non-hydrogen) atoms. The summed E-state index contributed by atoms with van der Waals surface area (Å²) in [4.78, 5) is 12.1. The van der Waals surface area contributed by atoms with Crippen molar-refractivity contribution in [3.8, 4) is 5.69 Å². The minimum Gasteiger partial charge on any atom is -0.380 e. The number of para-hydroxylation sites is 1. The molecule has 0 atom stereocenters. The highest BCUT2D eigenvalue weighted by Crippen LogP contribution is 2.29. The fourth-order valence-corrected chi connectivity index (χ4v) is 2.69. The maximum atomic E-state index is 12.1. The van der Waals surface area contributed by atoms with Crippen LogP contribution in [0.1, 0.15) is 31.5 Å². The summed E-state index contributed by atoms with van der Waals surface area (Å²) in [5.41, 5.74) is -0.274. The van der Waals surface area contributed by atoms with E-state index >= 15 is 0 Å². The quantitative estimate of drug-likeness (QED) is 0.884. The third-order valence-electron chi connectivity index (χ3n) is 3.91. The van der Waals surface area contributed by atoms with Crippen LogP contribution in [0.25, 0.3) is 5.69 Å². The van der Waals surface area contributed by atoms with Crippen LogP contribution in [0.15, 0.2) is 36.7 Å². The summed E-state index contributed by atoms with van der Waals surface area (Å²) >= 11 is 0. The molecule has 0 saturated heterocycles. The molecule has 6 heteroatoms. The van der Waals surface area contributed by atoms with Gasteiger partial charge in [0.15, 0.2) is 5.82 Å². The highest BCUT2D eigenvalue weighted by Gasteiger charge is 2.38. The van der Waals surface area contributed by atoms with Crippen LogP contribution < -0.4 is 5.32 Å². The van der Waals surface area contributed by atoms with Gasteiger partial charge in [-0.1, -0.05) is 18.2 Å². The third kappa shape index (κ3) is 2.80. The van der Waals surface area contributed by atoms with Gasteiger partial charge in [-0.3, -0.25) is 9.36 Å². The third-order valence-corrected chi connectivity index (χ3v) is 3.91. The molecule has 1 amide bonds. The Bertz CT molecular complexity index is 618. The van der Waals surface area contributed by atoms with Crippen LogP contribution in [0.5, 0.6) is 0 Å². The summed E-state index contributed by atoms with van der Waals surface area (Å²) in [7, 11) is 0. The SMILES string of the molecule is O=C(NCc1nncn1-c1ccccc1)C1(O)CCCC1. The summed E-state index contributed by atoms with van der Waals surface area (Å²) in [6.07, 6.45) is 4.46. The molecule has 1 aliphatic carbocycles. The highest BCUT2D eigenvalue weighted by molar-refractivity contribution is 5.85. The van der Waals surface area contributed by atoms with Gasteiger partial charge in [-0.2, -0.15) is 0 Å². The van der Waals surface area contributed by atoms with Crippen LogP contribution in [0.4, 0.5) is 0 Å². The summed E-state index contributed by atoms with van der Waals surface area (Å²) in [6, 6.07) is 9.68. The second-order valence-corrected chi connectivity index (χ2v) is 5.37. The van der Waals surface area contributed by atoms with Crippen molar-refractivity contribution in [2.45, 2.75) is 37.8 Å². The fraction of sp³-hybridized carbons (Fsp3) is 0.400. The number of hydrogen-bond acceptors (Lipinski definition) is 4.